The van der Waals surface area contributed by atoms with E-state index in [4.69, 9.17) is 10.2 Å². The molecule has 148 valence electrons. The van der Waals surface area contributed by atoms with E-state index in [0.717, 1.165) is 22.2 Å². The van der Waals surface area contributed by atoms with Crippen LogP contribution in [0.15, 0.2) is 66.9 Å². The van der Waals surface area contributed by atoms with Crippen molar-refractivity contribution in [3.8, 4) is 17.3 Å². The topological polar surface area (TPSA) is 74.8 Å². The summed E-state index contributed by atoms with van der Waals surface area (Å²) in [5.41, 5.74) is 4.54. The molecule has 4 rings (SSSR count). The first-order chi connectivity index (χ1) is 14.6. The second-order valence-corrected chi connectivity index (χ2v) is 7.09. The smallest absolute Gasteiger partial charge is 0.254 e. The first kappa shape index (κ1) is 19.3. The first-order valence-corrected chi connectivity index (χ1v) is 9.77. The van der Waals surface area contributed by atoms with E-state index in [-0.39, 0.29) is 5.91 Å². The number of nitrogens with zero attached hydrogens (tertiary/aromatic N) is 5. The third-order valence-electron chi connectivity index (χ3n) is 5.06. The molecule has 0 saturated carbocycles. The zero-order valence-corrected chi connectivity index (χ0v) is 16.9. The Morgan fingerprint density at radius 1 is 1.13 bits per heavy atom. The molecule has 0 N–H and O–H groups in total. The fourth-order valence-corrected chi connectivity index (χ4v) is 3.45. The Kier molecular flexibility index (Phi) is 5.27. The lowest BCUT2D eigenvalue weighted by Gasteiger charge is -2.18. The van der Waals surface area contributed by atoms with E-state index in [1.54, 1.807) is 35.0 Å². The standard InChI is InChI=1S/C24H21N5O/c1-3-29-23-21(15-26-29)20(13-22(27-23)19-7-5-4-6-8-19)24(30)28(2)16-18-11-9-17(14-25)10-12-18/h4-13,15H,3,16H2,1-2H3. The molecule has 0 atom stereocenters. The molecule has 2 aromatic heterocycles. The average Bonchev–Trinajstić information content (AvgIpc) is 3.22. The molecule has 0 fully saturated rings. The SMILES string of the molecule is CCn1ncc2c(C(=O)N(C)Cc3ccc(C#N)cc3)cc(-c3ccccc3)nc21. The van der Waals surface area contributed by atoms with Crippen LogP contribution in [0.25, 0.3) is 22.3 Å². The van der Waals surface area contributed by atoms with Crippen LogP contribution in [0.2, 0.25) is 0 Å². The van der Waals surface area contributed by atoms with Gasteiger partial charge < -0.3 is 4.90 Å². The Hall–Kier alpha value is -3.98. The van der Waals surface area contributed by atoms with Crippen LogP contribution in [-0.4, -0.2) is 32.6 Å². The number of carbonyl (C=O) groups is 1. The minimum absolute atomic E-state index is 0.0976. The van der Waals surface area contributed by atoms with Gasteiger partial charge in [0.1, 0.15) is 0 Å². The Labute approximate surface area is 175 Å². The van der Waals surface area contributed by atoms with Crippen molar-refractivity contribution in [2.75, 3.05) is 7.05 Å². The summed E-state index contributed by atoms with van der Waals surface area (Å²) in [4.78, 5) is 19.8. The van der Waals surface area contributed by atoms with Gasteiger partial charge in [-0.25, -0.2) is 9.67 Å². The van der Waals surface area contributed by atoms with Crippen molar-refractivity contribution in [3.63, 3.8) is 0 Å². The number of amides is 1. The van der Waals surface area contributed by atoms with Gasteiger partial charge >= 0.3 is 0 Å². The van der Waals surface area contributed by atoms with Gasteiger partial charge in [-0.3, -0.25) is 4.79 Å². The van der Waals surface area contributed by atoms with Crippen LogP contribution in [0.3, 0.4) is 0 Å². The lowest BCUT2D eigenvalue weighted by molar-refractivity contribution is 0.0787. The van der Waals surface area contributed by atoms with Crippen molar-refractivity contribution in [2.45, 2.75) is 20.0 Å². The summed E-state index contributed by atoms with van der Waals surface area (Å²) in [5, 5.41) is 14.1. The predicted octanol–water partition coefficient (Wildman–Crippen LogP) is 4.26. The number of aromatic nitrogens is 3. The summed E-state index contributed by atoms with van der Waals surface area (Å²) in [6.07, 6.45) is 1.71. The third kappa shape index (κ3) is 3.65. The van der Waals surface area contributed by atoms with Crippen LogP contribution in [-0.2, 0) is 13.1 Å². The second-order valence-electron chi connectivity index (χ2n) is 7.09. The highest BCUT2D eigenvalue weighted by molar-refractivity contribution is 6.06. The zero-order valence-electron chi connectivity index (χ0n) is 16.9. The van der Waals surface area contributed by atoms with Gasteiger partial charge in [-0.1, -0.05) is 42.5 Å². The Balaban J connectivity index is 1.73. The molecule has 2 heterocycles. The van der Waals surface area contributed by atoms with E-state index in [2.05, 4.69) is 11.2 Å². The van der Waals surface area contributed by atoms with Gasteiger partial charge in [0.15, 0.2) is 5.65 Å². The number of pyridine rings is 1. The minimum Gasteiger partial charge on any atom is -0.337 e. The maximum atomic E-state index is 13.4. The lowest BCUT2D eigenvalue weighted by Crippen LogP contribution is -2.26. The summed E-state index contributed by atoms with van der Waals surface area (Å²) in [6, 6.07) is 21.0. The molecule has 0 saturated heterocycles. The highest BCUT2D eigenvalue weighted by Gasteiger charge is 2.20. The highest BCUT2D eigenvalue weighted by atomic mass is 16.2. The third-order valence-corrected chi connectivity index (χ3v) is 5.06. The summed E-state index contributed by atoms with van der Waals surface area (Å²) in [5.74, 6) is -0.0976. The fraction of sp³-hybridized carbons (Fsp3) is 0.167. The van der Waals surface area contributed by atoms with Crippen LogP contribution < -0.4 is 0 Å². The van der Waals surface area contributed by atoms with E-state index >= 15 is 0 Å². The van der Waals surface area contributed by atoms with Crippen molar-refractivity contribution < 1.29 is 4.79 Å². The molecule has 0 spiro atoms. The monoisotopic (exact) mass is 395 g/mol. The Bertz CT molecular complexity index is 1240. The quantitative estimate of drug-likeness (QED) is 0.506. The molecule has 4 aromatic rings. The summed E-state index contributed by atoms with van der Waals surface area (Å²) in [6.45, 7) is 3.11. The van der Waals surface area contributed by atoms with Crippen molar-refractivity contribution >= 4 is 16.9 Å². The number of nitriles is 1. The molecule has 0 radical (unpaired) electrons. The van der Waals surface area contributed by atoms with E-state index in [1.165, 1.54) is 0 Å². The molecule has 6 nitrogen and oxygen atoms in total. The molecular weight excluding hydrogens is 374 g/mol. The minimum atomic E-state index is -0.0976. The van der Waals surface area contributed by atoms with Gasteiger partial charge in [0.25, 0.3) is 5.91 Å². The number of rotatable bonds is 5. The van der Waals surface area contributed by atoms with Gasteiger partial charge in [0.2, 0.25) is 0 Å². The maximum Gasteiger partial charge on any atom is 0.254 e. The van der Waals surface area contributed by atoms with E-state index < -0.39 is 0 Å². The molecule has 30 heavy (non-hydrogen) atoms. The molecule has 0 aliphatic carbocycles. The lowest BCUT2D eigenvalue weighted by atomic mass is 10.1. The normalized spacial score (nSPS) is 10.7. The van der Waals surface area contributed by atoms with Crippen molar-refractivity contribution in [3.05, 3.63) is 83.6 Å². The fourth-order valence-electron chi connectivity index (χ4n) is 3.45. The van der Waals surface area contributed by atoms with Crippen molar-refractivity contribution in [2.24, 2.45) is 0 Å². The van der Waals surface area contributed by atoms with E-state index in [9.17, 15) is 4.79 Å². The number of hydrogen-bond acceptors (Lipinski definition) is 4. The first-order valence-electron chi connectivity index (χ1n) is 9.77. The van der Waals surface area contributed by atoms with Gasteiger partial charge in [0, 0.05) is 25.7 Å². The molecule has 0 aliphatic heterocycles. The van der Waals surface area contributed by atoms with Crippen LogP contribution >= 0.6 is 0 Å². The predicted molar refractivity (Wildman–Crippen MR) is 116 cm³/mol. The number of hydrogen-bond donors (Lipinski definition) is 0. The molecule has 0 aliphatic rings. The molecule has 6 heteroatoms. The Morgan fingerprint density at radius 3 is 2.53 bits per heavy atom. The summed E-state index contributed by atoms with van der Waals surface area (Å²) < 4.78 is 1.80. The number of fused-ring (bicyclic) bond motifs is 1. The molecule has 0 bridgehead atoms. The van der Waals surface area contributed by atoms with Gasteiger partial charge in [-0.05, 0) is 30.7 Å². The average molecular weight is 395 g/mol. The highest BCUT2D eigenvalue weighted by Crippen LogP contribution is 2.26. The summed E-state index contributed by atoms with van der Waals surface area (Å²) >= 11 is 0. The summed E-state index contributed by atoms with van der Waals surface area (Å²) in [7, 11) is 1.78. The van der Waals surface area contributed by atoms with E-state index in [1.807, 2.05) is 55.5 Å². The molecular formula is C24H21N5O. The molecule has 1 amide bonds. The number of aryl methyl sites for hydroxylation is 1. The number of carbonyl (C=O) groups excluding carboxylic acids is 1. The largest absolute Gasteiger partial charge is 0.337 e. The van der Waals surface area contributed by atoms with Crippen molar-refractivity contribution in [1.29, 1.82) is 5.26 Å². The number of benzene rings is 2. The van der Waals surface area contributed by atoms with Crippen LogP contribution in [0.4, 0.5) is 0 Å². The zero-order chi connectivity index (χ0) is 21.1. The molecule has 0 unspecified atom stereocenters. The van der Waals surface area contributed by atoms with Crippen molar-refractivity contribution in [1.82, 2.24) is 19.7 Å². The maximum absolute atomic E-state index is 13.4. The van der Waals surface area contributed by atoms with Gasteiger partial charge in [0.05, 0.1) is 34.5 Å². The van der Waals surface area contributed by atoms with Gasteiger partial charge in [-0.15, -0.1) is 0 Å². The van der Waals surface area contributed by atoms with Crippen LogP contribution in [0.5, 0.6) is 0 Å². The molecule has 2 aromatic carbocycles. The Morgan fingerprint density at radius 2 is 1.87 bits per heavy atom. The van der Waals surface area contributed by atoms with Crippen LogP contribution in [0, 0.1) is 11.3 Å². The second kappa shape index (κ2) is 8.18. The van der Waals surface area contributed by atoms with Crippen LogP contribution in [0.1, 0.15) is 28.4 Å². The van der Waals surface area contributed by atoms with Gasteiger partial charge in [-0.2, -0.15) is 10.4 Å². The van der Waals surface area contributed by atoms with E-state index in [0.29, 0.717) is 29.9 Å².